The van der Waals surface area contributed by atoms with Gasteiger partial charge in [-0.1, -0.05) is 126 Å². The third-order valence-electron chi connectivity index (χ3n) is 9.67. The monoisotopic (exact) mass is 693 g/mol. The average molecular weight is 694 g/mol. The van der Waals surface area contributed by atoms with Crippen molar-refractivity contribution in [3.8, 4) is 0 Å². The number of amides is 1. The Balaban J connectivity index is 1.29. The minimum absolute atomic E-state index is 0.0358. The number of benzene rings is 3. The summed E-state index contributed by atoms with van der Waals surface area (Å²) in [6.45, 7) is 11.0. The quantitative estimate of drug-likeness (QED) is 0.193. The predicted octanol–water partition coefficient (Wildman–Crippen LogP) is 4.54. The van der Waals surface area contributed by atoms with Crippen LogP contribution < -0.4 is 21.2 Å². The summed E-state index contributed by atoms with van der Waals surface area (Å²) in [5, 5.41) is 4.74. The zero-order valence-electron chi connectivity index (χ0n) is 29.0. The summed E-state index contributed by atoms with van der Waals surface area (Å²) < 4.78 is 29.4. The summed E-state index contributed by atoms with van der Waals surface area (Å²) in [5.41, 5.74) is -0.0651. The number of rotatable bonds is 11. The van der Waals surface area contributed by atoms with Crippen LogP contribution in [0.5, 0.6) is 0 Å². The smallest absolute Gasteiger partial charge is 0.280 e. The van der Waals surface area contributed by atoms with Gasteiger partial charge in [0.1, 0.15) is 17.8 Å². The number of carbonyl (C=O) groups excluding carboxylic acids is 1. The van der Waals surface area contributed by atoms with E-state index in [1.54, 1.807) is 18.4 Å². The zero-order valence-corrected chi connectivity index (χ0v) is 30.0. The summed E-state index contributed by atoms with van der Waals surface area (Å²) >= 11 is 0. The molecular weight excluding hydrogens is 651 g/mol. The Labute approximate surface area is 292 Å². The van der Waals surface area contributed by atoms with Crippen molar-refractivity contribution >= 4 is 41.7 Å². The van der Waals surface area contributed by atoms with Crippen molar-refractivity contribution in [2.75, 3.05) is 18.5 Å². The number of nitrogens with zero attached hydrogens (tertiary/aromatic N) is 3. The number of aromatic nitrogens is 4. The lowest BCUT2D eigenvalue weighted by Crippen LogP contribution is -2.68. The number of fused-ring (bicyclic) bond motifs is 3. The number of anilines is 1. The molecule has 7 rings (SSSR count). The van der Waals surface area contributed by atoms with Crippen LogP contribution >= 0.6 is 0 Å². The van der Waals surface area contributed by atoms with Gasteiger partial charge in [0.15, 0.2) is 17.4 Å². The van der Waals surface area contributed by atoms with E-state index in [0.717, 1.165) is 15.9 Å². The molecule has 5 aromatic rings. The second kappa shape index (κ2) is 13.3. The van der Waals surface area contributed by atoms with Crippen LogP contribution in [0.1, 0.15) is 46.4 Å². The van der Waals surface area contributed by atoms with Crippen molar-refractivity contribution in [1.82, 2.24) is 19.5 Å². The first-order valence-corrected chi connectivity index (χ1v) is 18.9. The second-order valence-electron chi connectivity index (χ2n) is 14.4. The zero-order chi connectivity index (χ0) is 35.1. The van der Waals surface area contributed by atoms with Crippen LogP contribution in [0.2, 0.25) is 5.04 Å². The standard InChI is InChI=1S/C38H43N5O6Si/c1-25(2)33(44)41-36-40-32-29(34(45)42-36)39-24-43(32)35-30-31(46-21-26-15-9-6-10-16-26)38(49-35,22-47-30)23-48-50(37(3,4)5,27-17-11-7-12-18-27)28-19-13-8-14-20-28/h6-20,24-25,30-31,35H,21-23H2,1-5H3,(H2,40,41,42,44,45)/t30-,31+,35-,38-/m1/s1. The highest BCUT2D eigenvalue weighted by molar-refractivity contribution is 6.99. The molecule has 12 heteroatoms. The Morgan fingerprint density at radius 3 is 2.24 bits per heavy atom. The lowest BCUT2D eigenvalue weighted by atomic mass is 10.00. The van der Waals surface area contributed by atoms with Crippen molar-refractivity contribution in [1.29, 1.82) is 0 Å². The fraction of sp³-hybridized carbons (Fsp3) is 0.368. The first-order valence-electron chi connectivity index (χ1n) is 17.0. The third-order valence-corrected chi connectivity index (χ3v) is 14.7. The van der Waals surface area contributed by atoms with E-state index in [9.17, 15) is 9.59 Å². The molecule has 0 radical (unpaired) electrons. The molecule has 3 aromatic carbocycles. The van der Waals surface area contributed by atoms with Crippen LogP contribution in [0.15, 0.2) is 102 Å². The highest BCUT2D eigenvalue weighted by atomic mass is 28.4. The minimum atomic E-state index is -2.96. The molecule has 2 fully saturated rings. The SMILES string of the molecule is CC(C)C(=O)Nc1nc2c(ncn2[C@@H]2O[C@@]3(CO[Si](c4ccccc4)(c4ccccc4)C(C)(C)C)CO[C@@H]2[C@@H]3OCc2ccccc2)c(=O)[nH]1. The fourth-order valence-electron chi connectivity index (χ4n) is 7.15. The number of carbonyl (C=O) groups is 1. The maximum atomic E-state index is 13.1. The van der Waals surface area contributed by atoms with E-state index in [1.807, 2.05) is 42.5 Å². The molecule has 0 spiro atoms. The van der Waals surface area contributed by atoms with Gasteiger partial charge in [0.25, 0.3) is 13.9 Å². The molecule has 2 aliphatic heterocycles. The lowest BCUT2D eigenvalue weighted by Gasteiger charge is -2.45. The van der Waals surface area contributed by atoms with E-state index < -0.39 is 37.9 Å². The fourth-order valence-corrected chi connectivity index (χ4v) is 11.8. The van der Waals surface area contributed by atoms with Crippen LogP contribution in [-0.2, 0) is 30.0 Å². The van der Waals surface area contributed by atoms with Crippen molar-refractivity contribution in [2.45, 2.75) is 70.3 Å². The lowest BCUT2D eigenvalue weighted by molar-refractivity contribution is -0.185. The molecular formula is C38H43N5O6Si. The number of hydrogen-bond donors (Lipinski definition) is 2. The first kappa shape index (κ1) is 34.0. The van der Waals surface area contributed by atoms with E-state index in [4.69, 9.17) is 18.6 Å². The van der Waals surface area contributed by atoms with Crippen LogP contribution in [0.3, 0.4) is 0 Å². The summed E-state index contributed by atoms with van der Waals surface area (Å²) in [6.07, 6.45) is -0.292. The van der Waals surface area contributed by atoms with Crippen molar-refractivity contribution in [3.63, 3.8) is 0 Å². The van der Waals surface area contributed by atoms with Crippen LogP contribution in [0.4, 0.5) is 5.95 Å². The number of aromatic amines is 1. The summed E-state index contributed by atoms with van der Waals surface area (Å²) in [4.78, 5) is 37.1. The molecule has 11 nitrogen and oxygen atoms in total. The number of hydrogen-bond acceptors (Lipinski definition) is 8. The Morgan fingerprint density at radius 1 is 1.02 bits per heavy atom. The number of ether oxygens (including phenoxy) is 3. The molecule has 2 bridgehead atoms. The molecule has 4 heterocycles. The maximum absolute atomic E-state index is 13.1. The van der Waals surface area contributed by atoms with E-state index >= 15 is 0 Å². The van der Waals surface area contributed by atoms with E-state index in [0.29, 0.717) is 6.61 Å². The number of H-pyrrole nitrogens is 1. The molecule has 2 saturated heterocycles. The van der Waals surface area contributed by atoms with E-state index in [-0.39, 0.29) is 47.2 Å². The second-order valence-corrected chi connectivity index (χ2v) is 18.7. The molecule has 2 N–H and O–H groups in total. The Hall–Kier alpha value is -4.46. The molecule has 260 valence electrons. The predicted molar refractivity (Wildman–Crippen MR) is 193 cm³/mol. The molecule has 50 heavy (non-hydrogen) atoms. The minimum Gasteiger partial charge on any atom is -0.404 e. The number of imidazole rings is 1. The normalized spacial score (nSPS) is 22.0. The van der Waals surface area contributed by atoms with Gasteiger partial charge in [-0.3, -0.25) is 24.5 Å². The maximum Gasteiger partial charge on any atom is 0.280 e. The van der Waals surface area contributed by atoms with Crippen LogP contribution in [0, 0.1) is 5.92 Å². The largest absolute Gasteiger partial charge is 0.404 e. The molecule has 4 atom stereocenters. The van der Waals surface area contributed by atoms with Gasteiger partial charge in [-0.05, 0) is 21.0 Å². The van der Waals surface area contributed by atoms with E-state index in [1.165, 1.54) is 6.33 Å². The van der Waals surface area contributed by atoms with Gasteiger partial charge in [0.05, 0.1) is 26.1 Å². The van der Waals surface area contributed by atoms with Crippen molar-refractivity contribution in [3.05, 3.63) is 113 Å². The summed E-state index contributed by atoms with van der Waals surface area (Å²) in [7, 11) is -2.96. The highest BCUT2D eigenvalue weighted by Crippen LogP contribution is 2.49. The van der Waals surface area contributed by atoms with Crippen molar-refractivity contribution < 1.29 is 23.4 Å². The molecule has 0 unspecified atom stereocenters. The molecule has 0 aliphatic carbocycles. The topological polar surface area (TPSA) is 130 Å². The molecule has 2 aromatic heterocycles. The molecule has 2 aliphatic rings. The van der Waals surface area contributed by atoms with Crippen LogP contribution in [0.25, 0.3) is 11.2 Å². The van der Waals surface area contributed by atoms with Gasteiger partial charge in [-0.2, -0.15) is 4.98 Å². The average Bonchev–Trinajstić information content (AvgIpc) is 3.78. The van der Waals surface area contributed by atoms with Crippen molar-refractivity contribution in [2.24, 2.45) is 5.92 Å². The molecule has 0 saturated carbocycles. The molecule has 1 amide bonds. The third kappa shape index (κ3) is 6.00. The highest BCUT2D eigenvalue weighted by Gasteiger charge is 2.64. The van der Waals surface area contributed by atoms with Gasteiger partial charge in [0, 0.05) is 5.92 Å². The van der Waals surface area contributed by atoms with Gasteiger partial charge < -0.3 is 18.6 Å². The Kier molecular flexibility index (Phi) is 9.08. The Bertz CT molecular complexity index is 1970. The van der Waals surface area contributed by atoms with Gasteiger partial charge in [-0.15, -0.1) is 0 Å². The Morgan fingerprint density at radius 2 is 1.64 bits per heavy atom. The first-order chi connectivity index (χ1) is 24.0. The van der Waals surface area contributed by atoms with E-state index in [2.05, 4.69) is 89.6 Å². The summed E-state index contributed by atoms with van der Waals surface area (Å²) in [6, 6.07) is 30.9. The van der Waals surface area contributed by atoms with Crippen LogP contribution in [-0.4, -0.2) is 64.8 Å². The van der Waals surface area contributed by atoms with Gasteiger partial charge in [0.2, 0.25) is 11.9 Å². The van der Waals surface area contributed by atoms with Gasteiger partial charge >= 0.3 is 0 Å². The summed E-state index contributed by atoms with van der Waals surface area (Å²) in [5.74, 6) is -0.540. The number of nitrogens with one attached hydrogen (secondary N) is 2. The van der Waals surface area contributed by atoms with Gasteiger partial charge in [-0.25, -0.2) is 4.98 Å².